The molecule has 0 bridgehead atoms. The maximum atomic E-state index is 4.73. The van der Waals surface area contributed by atoms with Crippen molar-refractivity contribution >= 4 is 0 Å². The predicted molar refractivity (Wildman–Crippen MR) is 98.4 cm³/mol. The Morgan fingerprint density at radius 3 is 2.75 bits per heavy atom. The first-order chi connectivity index (χ1) is 11.8. The van der Waals surface area contributed by atoms with E-state index in [9.17, 15) is 0 Å². The van der Waals surface area contributed by atoms with E-state index in [2.05, 4.69) is 71.5 Å². The zero-order valence-electron chi connectivity index (χ0n) is 14.1. The molecule has 3 heteroatoms. The van der Waals surface area contributed by atoms with Gasteiger partial charge in [0.05, 0.1) is 17.6 Å². The molecule has 1 aromatic heterocycles. The van der Waals surface area contributed by atoms with E-state index < -0.39 is 0 Å². The molecule has 1 saturated heterocycles. The van der Waals surface area contributed by atoms with E-state index in [-0.39, 0.29) is 0 Å². The van der Waals surface area contributed by atoms with Crippen molar-refractivity contribution in [2.75, 3.05) is 13.1 Å². The highest BCUT2D eigenvalue weighted by molar-refractivity contribution is 5.67. The van der Waals surface area contributed by atoms with Crippen LogP contribution in [0.4, 0.5) is 0 Å². The first-order valence-corrected chi connectivity index (χ1v) is 8.71. The molecule has 0 spiro atoms. The fraction of sp³-hybridized carbons (Fsp3) is 0.286. The number of para-hydroxylation sites is 1. The van der Waals surface area contributed by atoms with Crippen molar-refractivity contribution in [3.05, 3.63) is 72.1 Å². The van der Waals surface area contributed by atoms with Crippen LogP contribution in [0.3, 0.4) is 0 Å². The fourth-order valence-electron chi connectivity index (χ4n) is 3.58. The van der Waals surface area contributed by atoms with Crippen molar-refractivity contribution in [1.82, 2.24) is 15.1 Å². The highest BCUT2D eigenvalue weighted by atomic mass is 15.3. The van der Waals surface area contributed by atoms with Crippen LogP contribution in [-0.4, -0.2) is 22.9 Å². The van der Waals surface area contributed by atoms with Crippen LogP contribution in [0.15, 0.2) is 60.8 Å². The number of nitrogens with zero attached hydrogens (tertiary/aromatic N) is 2. The number of nitrogens with one attached hydrogen (secondary N) is 1. The second kappa shape index (κ2) is 6.62. The third-order valence-electron chi connectivity index (χ3n) is 4.84. The lowest BCUT2D eigenvalue weighted by atomic mass is 9.96. The van der Waals surface area contributed by atoms with E-state index in [0.717, 1.165) is 25.2 Å². The summed E-state index contributed by atoms with van der Waals surface area (Å²) in [5.41, 5.74) is 6.26. The average molecular weight is 317 g/mol. The van der Waals surface area contributed by atoms with Crippen LogP contribution in [0, 0.1) is 12.8 Å². The Kier molecular flexibility index (Phi) is 4.18. The summed E-state index contributed by atoms with van der Waals surface area (Å²) in [5.74, 6) is 0.688. The maximum absolute atomic E-state index is 4.73. The van der Waals surface area contributed by atoms with Gasteiger partial charge in [-0.2, -0.15) is 5.10 Å². The van der Waals surface area contributed by atoms with Gasteiger partial charge in [-0.15, -0.1) is 0 Å². The topological polar surface area (TPSA) is 29.9 Å². The van der Waals surface area contributed by atoms with Crippen LogP contribution in [0.25, 0.3) is 16.8 Å². The quantitative estimate of drug-likeness (QED) is 0.788. The van der Waals surface area contributed by atoms with Crippen LogP contribution in [0.2, 0.25) is 0 Å². The number of aryl methyl sites for hydroxylation is 1. The van der Waals surface area contributed by atoms with E-state index in [1.165, 1.54) is 28.8 Å². The smallest absolute Gasteiger partial charge is 0.0649 e. The summed E-state index contributed by atoms with van der Waals surface area (Å²) in [4.78, 5) is 0. The maximum Gasteiger partial charge on any atom is 0.0649 e. The fourth-order valence-corrected chi connectivity index (χ4v) is 3.58. The Morgan fingerprint density at radius 2 is 2.00 bits per heavy atom. The van der Waals surface area contributed by atoms with Gasteiger partial charge in [0.1, 0.15) is 0 Å². The molecule has 1 aliphatic heterocycles. The second-order valence-electron chi connectivity index (χ2n) is 6.68. The molecule has 4 rings (SSSR count). The molecule has 122 valence electrons. The summed E-state index contributed by atoms with van der Waals surface area (Å²) in [6.45, 7) is 4.38. The summed E-state index contributed by atoms with van der Waals surface area (Å²) in [5, 5.41) is 8.21. The van der Waals surface area contributed by atoms with E-state index in [1.807, 2.05) is 6.20 Å². The highest BCUT2D eigenvalue weighted by Gasteiger charge is 2.21. The lowest BCUT2D eigenvalue weighted by molar-refractivity contribution is 0.561. The Balaban J connectivity index is 1.80. The van der Waals surface area contributed by atoms with Gasteiger partial charge >= 0.3 is 0 Å². The van der Waals surface area contributed by atoms with Crippen molar-refractivity contribution < 1.29 is 0 Å². The van der Waals surface area contributed by atoms with Crippen LogP contribution in [0.1, 0.15) is 17.7 Å². The third-order valence-corrected chi connectivity index (χ3v) is 4.84. The minimum Gasteiger partial charge on any atom is -0.316 e. The summed E-state index contributed by atoms with van der Waals surface area (Å²) in [6.07, 6.45) is 4.33. The van der Waals surface area contributed by atoms with Gasteiger partial charge in [0.25, 0.3) is 0 Å². The summed E-state index contributed by atoms with van der Waals surface area (Å²) in [6, 6.07) is 19.2. The number of rotatable bonds is 4. The van der Waals surface area contributed by atoms with Gasteiger partial charge in [-0.25, -0.2) is 4.68 Å². The minimum absolute atomic E-state index is 0.688. The first-order valence-electron chi connectivity index (χ1n) is 8.71. The Morgan fingerprint density at radius 1 is 1.12 bits per heavy atom. The first kappa shape index (κ1) is 15.2. The van der Waals surface area contributed by atoms with Crippen molar-refractivity contribution in [3.8, 4) is 16.8 Å². The molecule has 1 atom stereocenters. The van der Waals surface area contributed by atoms with E-state index in [1.54, 1.807) is 0 Å². The molecular weight excluding hydrogens is 294 g/mol. The number of benzene rings is 2. The average Bonchev–Trinajstić information content (AvgIpc) is 3.26. The molecule has 0 saturated carbocycles. The van der Waals surface area contributed by atoms with Crippen molar-refractivity contribution in [3.63, 3.8) is 0 Å². The summed E-state index contributed by atoms with van der Waals surface area (Å²) < 4.78 is 2.12. The number of hydrogen-bond donors (Lipinski definition) is 1. The molecular formula is C21H23N3. The van der Waals surface area contributed by atoms with Crippen LogP contribution in [0.5, 0.6) is 0 Å². The lowest BCUT2D eigenvalue weighted by Gasteiger charge is -2.14. The van der Waals surface area contributed by atoms with Gasteiger partial charge in [-0.05, 0) is 56.5 Å². The van der Waals surface area contributed by atoms with Gasteiger partial charge in [0.15, 0.2) is 0 Å². The van der Waals surface area contributed by atoms with E-state index >= 15 is 0 Å². The standard InChI is InChI=1S/C21H23N3/c1-16-6-5-7-18(12-16)20-15-23-24(19-8-3-2-4-9-19)21(20)13-17-10-11-22-14-17/h2-9,12,15,17,22H,10-11,13-14H2,1H3. The van der Waals surface area contributed by atoms with Crippen molar-refractivity contribution in [2.24, 2.45) is 5.92 Å². The monoisotopic (exact) mass is 317 g/mol. The molecule has 1 aliphatic rings. The molecule has 0 amide bonds. The molecule has 0 aliphatic carbocycles. The second-order valence-corrected chi connectivity index (χ2v) is 6.68. The molecule has 1 N–H and O–H groups in total. The molecule has 1 unspecified atom stereocenters. The molecule has 3 aromatic rings. The lowest BCUT2D eigenvalue weighted by Crippen LogP contribution is -2.13. The van der Waals surface area contributed by atoms with Gasteiger partial charge in [0, 0.05) is 5.56 Å². The summed E-state index contributed by atoms with van der Waals surface area (Å²) in [7, 11) is 0. The molecule has 24 heavy (non-hydrogen) atoms. The Labute approximate surface area is 143 Å². The Bertz CT molecular complexity index is 814. The largest absolute Gasteiger partial charge is 0.316 e. The van der Waals surface area contributed by atoms with Gasteiger partial charge in [-0.1, -0.05) is 48.0 Å². The summed E-state index contributed by atoms with van der Waals surface area (Å²) >= 11 is 0. The van der Waals surface area contributed by atoms with Gasteiger partial charge in [-0.3, -0.25) is 0 Å². The number of hydrogen-bond acceptors (Lipinski definition) is 2. The molecule has 1 fully saturated rings. The van der Waals surface area contributed by atoms with E-state index in [0.29, 0.717) is 5.92 Å². The Hall–Kier alpha value is -2.39. The molecule has 0 radical (unpaired) electrons. The van der Waals surface area contributed by atoms with Crippen LogP contribution < -0.4 is 5.32 Å². The van der Waals surface area contributed by atoms with Gasteiger partial charge < -0.3 is 5.32 Å². The normalized spacial score (nSPS) is 17.3. The van der Waals surface area contributed by atoms with Crippen molar-refractivity contribution in [1.29, 1.82) is 0 Å². The van der Waals surface area contributed by atoms with Crippen LogP contribution in [-0.2, 0) is 6.42 Å². The minimum atomic E-state index is 0.688. The van der Waals surface area contributed by atoms with Gasteiger partial charge in [0.2, 0.25) is 0 Å². The SMILES string of the molecule is Cc1cccc(-c2cnn(-c3ccccc3)c2CC2CCNC2)c1. The third kappa shape index (κ3) is 3.00. The molecule has 2 aromatic carbocycles. The molecule has 3 nitrogen and oxygen atoms in total. The molecule has 2 heterocycles. The zero-order valence-corrected chi connectivity index (χ0v) is 14.1. The van der Waals surface area contributed by atoms with E-state index in [4.69, 9.17) is 5.10 Å². The predicted octanol–water partition coefficient (Wildman–Crippen LogP) is 4.00. The number of aromatic nitrogens is 2. The highest BCUT2D eigenvalue weighted by Crippen LogP contribution is 2.29. The van der Waals surface area contributed by atoms with Crippen LogP contribution >= 0.6 is 0 Å². The van der Waals surface area contributed by atoms with Crippen molar-refractivity contribution in [2.45, 2.75) is 19.8 Å². The zero-order chi connectivity index (χ0) is 16.4.